The zero-order valence-electron chi connectivity index (χ0n) is 15.6. The first-order valence-corrected chi connectivity index (χ1v) is 9.27. The van der Waals surface area contributed by atoms with E-state index in [0.717, 1.165) is 6.07 Å². The number of ether oxygens (including phenoxy) is 1. The molecule has 1 N–H and O–H groups in total. The summed E-state index contributed by atoms with van der Waals surface area (Å²) in [5, 5.41) is 2.84. The van der Waals surface area contributed by atoms with Gasteiger partial charge in [0.1, 0.15) is 5.75 Å². The Labute approximate surface area is 166 Å². The van der Waals surface area contributed by atoms with E-state index in [0.29, 0.717) is 18.6 Å². The minimum atomic E-state index is -4.59. The third kappa shape index (κ3) is 5.49. The molecule has 2 aromatic carbocycles. The molecule has 5 nitrogen and oxygen atoms in total. The molecule has 1 aliphatic rings. The van der Waals surface area contributed by atoms with Crippen molar-refractivity contribution in [2.45, 2.75) is 25.1 Å². The number of piperidine rings is 1. The number of carbonyl (C=O) groups is 2. The maximum atomic E-state index is 13.1. The van der Waals surface area contributed by atoms with Crippen molar-refractivity contribution >= 4 is 11.8 Å². The highest BCUT2D eigenvalue weighted by molar-refractivity contribution is 5.96. The zero-order chi connectivity index (χ0) is 20.9. The number of halogens is 3. The molecular weight excluding hydrogens is 385 g/mol. The van der Waals surface area contributed by atoms with E-state index in [2.05, 4.69) is 5.32 Å². The summed E-state index contributed by atoms with van der Waals surface area (Å²) < 4.78 is 44.8. The fourth-order valence-corrected chi connectivity index (χ4v) is 3.25. The number of nitrogens with one attached hydrogen (secondary N) is 1. The highest BCUT2D eigenvalue weighted by atomic mass is 19.4. The predicted octanol–water partition coefficient (Wildman–Crippen LogP) is 3.51. The van der Waals surface area contributed by atoms with Crippen molar-refractivity contribution in [1.29, 1.82) is 0 Å². The van der Waals surface area contributed by atoms with E-state index >= 15 is 0 Å². The SMILES string of the molecule is O=C(COc1ccccc1)NC1CCN(C(=O)c2ccccc2C(F)(F)F)CC1. The van der Waals surface area contributed by atoms with Gasteiger partial charge in [0.25, 0.3) is 11.8 Å². The van der Waals surface area contributed by atoms with Crippen molar-refractivity contribution in [3.05, 3.63) is 65.7 Å². The summed E-state index contributed by atoms with van der Waals surface area (Å²) >= 11 is 0. The second-order valence-corrected chi connectivity index (χ2v) is 6.78. The lowest BCUT2D eigenvalue weighted by molar-refractivity contribution is -0.138. The Morgan fingerprint density at radius 2 is 1.62 bits per heavy atom. The largest absolute Gasteiger partial charge is 0.484 e. The van der Waals surface area contributed by atoms with Crippen LogP contribution in [0.4, 0.5) is 13.2 Å². The van der Waals surface area contributed by atoms with Crippen LogP contribution in [0.2, 0.25) is 0 Å². The number of hydrogen-bond donors (Lipinski definition) is 1. The average molecular weight is 406 g/mol. The summed E-state index contributed by atoms with van der Waals surface area (Å²) in [6.45, 7) is 0.424. The van der Waals surface area contributed by atoms with E-state index in [1.807, 2.05) is 6.07 Å². The standard InChI is InChI=1S/C21H21F3N2O3/c22-21(23,24)18-9-5-4-8-17(18)20(28)26-12-10-15(11-13-26)25-19(27)14-29-16-6-2-1-3-7-16/h1-9,15H,10-14H2,(H,25,27). The van der Waals surface area contributed by atoms with E-state index in [4.69, 9.17) is 4.74 Å². The van der Waals surface area contributed by atoms with Gasteiger partial charge >= 0.3 is 6.18 Å². The lowest BCUT2D eigenvalue weighted by Gasteiger charge is -2.33. The molecule has 2 aromatic rings. The monoisotopic (exact) mass is 406 g/mol. The van der Waals surface area contributed by atoms with Crippen LogP contribution in [0.3, 0.4) is 0 Å². The fourth-order valence-electron chi connectivity index (χ4n) is 3.25. The molecule has 2 amide bonds. The minimum absolute atomic E-state index is 0.123. The van der Waals surface area contributed by atoms with Crippen LogP contribution in [-0.4, -0.2) is 42.5 Å². The van der Waals surface area contributed by atoms with Crippen LogP contribution in [0.5, 0.6) is 5.75 Å². The Balaban J connectivity index is 1.50. The molecule has 3 rings (SSSR count). The normalized spacial score (nSPS) is 15.1. The van der Waals surface area contributed by atoms with E-state index in [1.54, 1.807) is 24.3 Å². The Morgan fingerprint density at radius 1 is 1.00 bits per heavy atom. The average Bonchev–Trinajstić information content (AvgIpc) is 2.72. The van der Waals surface area contributed by atoms with E-state index in [-0.39, 0.29) is 37.2 Å². The molecule has 0 spiro atoms. The number of rotatable bonds is 5. The molecule has 0 bridgehead atoms. The molecule has 8 heteroatoms. The Bertz CT molecular complexity index is 848. The number of carbonyl (C=O) groups excluding carboxylic acids is 2. The van der Waals surface area contributed by atoms with Crippen LogP contribution in [0.1, 0.15) is 28.8 Å². The molecule has 154 valence electrons. The molecule has 1 fully saturated rings. The third-order valence-corrected chi connectivity index (χ3v) is 4.72. The molecule has 1 heterocycles. The van der Waals surface area contributed by atoms with Gasteiger partial charge in [0.2, 0.25) is 0 Å². The summed E-state index contributed by atoms with van der Waals surface area (Å²) in [7, 11) is 0. The number of benzene rings is 2. The van der Waals surface area contributed by atoms with Gasteiger partial charge in [0.05, 0.1) is 11.1 Å². The van der Waals surface area contributed by atoms with Crippen LogP contribution >= 0.6 is 0 Å². The van der Waals surface area contributed by atoms with Gasteiger partial charge in [-0.2, -0.15) is 13.2 Å². The quantitative estimate of drug-likeness (QED) is 0.827. The van der Waals surface area contributed by atoms with Gasteiger partial charge in [0.15, 0.2) is 6.61 Å². The van der Waals surface area contributed by atoms with Crippen LogP contribution in [-0.2, 0) is 11.0 Å². The molecule has 0 unspecified atom stereocenters. The minimum Gasteiger partial charge on any atom is -0.484 e. The molecular formula is C21H21F3N2O3. The predicted molar refractivity (Wildman–Crippen MR) is 100 cm³/mol. The molecule has 0 aliphatic carbocycles. The van der Waals surface area contributed by atoms with Crippen molar-refractivity contribution in [1.82, 2.24) is 10.2 Å². The van der Waals surface area contributed by atoms with Crippen molar-refractivity contribution in [3.8, 4) is 5.75 Å². The zero-order valence-corrected chi connectivity index (χ0v) is 15.6. The molecule has 1 saturated heterocycles. The third-order valence-electron chi connectivity index (χ3n) is 4.72. The van der Waals surface area contributed by atoms with Gasteiger partial charge in [0, 0.05) is 19.1 Å². The van der Waals surface area contributed by atoms with Crippen molar-refractivity contribution in [2.75, 3.05) is 19.7 Å². The number of likely N-dealkylation sites (tertiary alicyclic amines) is 1. The van der Waals surface area contributed by atoms with Gasteiger partial charge in [-0.1, -0.05) is 30.3 Å². The second kappa shape index (κ2) is 8.98. The summed E-state index contributed by atoms with van der Waals surface area (Å²) in [5.74, 6) is -0.331. The van der Waals surface area contributed by atoms with Crippen molar-refractivity contribution < 1.29 is 27.5 Å². The number of hydrogen-bond acceptors (Lipinski definition) is 3. The van der Waals surface area contributed by atoms with Crippen LogP contribution in [0, 0.1) is 0 Å². The molecule has 0 atom stereocenters. The first-order valence-electron chi connectivity index (χ1n) is 9.27. The molecule has 0 saturated carbocycles. The van der Waals surface area contributed by atoms with Crippen LogP contribution in [0.25, 0.3) is 0 Å². The van der Waals surface area contributed by atoms with E-state index in [1.165, 1.54) is 23.1 Å². The second-order valence-electron chi connectivity index (χ2n) is 6.78. The van der Waals surface area contributed by atoms with Gasteiger partial charge in [-0.15, -0.1) is 0 Å². The van der Waals surface area contributed by atoms with E-state index in [9.17, 15) is 22.8 Å². The van der Waals surface area contributed by atoms with Gasteiger partial charge in [-0.05, 0) is 37.1 Å². The first-order chi connectivity index (χ1) is 13.8. The summed E-state index contributed by atoms with van der Waals surface area (Å²) in [5.41, 5.74) is -1.28. The number of para-hydroxylation sites is 1. The maximum Gasteiger partial charge on any atom is 0.417 e. The van der Waals surface area contributed by atoms with Crippen LogP contribution < -0.4 is 10.1 Å². The lowest BCUT2D eigenvalue weighted by Crippen LogP contribution is -2.47. The molecule has 1 aliphatic heterocycles. The number of amides is 2. The highest BCUT2D eigenvalue weighted by Crippen LogP contribution is 2.32. The van der Waals surface area contributed by atoms with Gasteiger partial charge in [-0.3, -0.25) is 9.59 Å². The Morgan fingerprint density at radius 3 is 2.28 bits per heavy atom. The fraction of sp³-hybridized carbons (Fsp3) is 0.333. The van der Waals surface area contributed by atoms with Gasteiger partial charge in [-0.25, -0.2) is 0 Å². The topological polar surface area (TPSA) is 58.6 Å². The molecule has 0 aromatic heterocycles. The summed E-state index contributed by atoms with van der Waals surface area (Å²) in [6.07, 6.45) is -3.65. The van der Waals surface area contributed by atoms with Crippen molar-refractivity contribution in [3.63, 3.8) is 0 Å². The van der Waals surface area contributed by atoms with E-state index < -0.39 is 17.6 Å². The maximum absolute atomic E-state index is 13.1. The highest BCUT2D eigenvalue weighted by Gasteiger charge is 2.36. The smallest absolute Gasteiger partial charge is 0.417 e. The summed E-state index contributed by atoms with van der Waals surface area (Å²) in [6, 6.07) is 13.6. The summed E-state index contributed by atoms with van der Waals surface area (Å²) in [4.78, 5) is 26.0. The Hall–Kier alpha value is -3.03. The number of alkyl halides is 3. The Kier molecular flexibility index (Phi) is 6.41. The first kappa shape index (κ1) is 20.7. The van der Waals surface area contributed by atoms with Crippen molar-refractivity contribution in [2.24, 2.45) is 0 Å². The van der Waals surface area contributed by atoms with Crippen LogP contribution in [0.15, 0.2) is 54.6 Å². The number of nitrogens with zero attached hydrogens (tertiary/aromatic N) is 1. The lowest BCUT2D eigenvalue weighted by atomic mass is 10.0. The molecule has 29 heavy (non-hydrogen) atoms. The molecule has 0 radical (unpaired) electrons. The van der Waals surface area contributed by atoms with Gasteiger partial charge < -0.3 is 15.0 Å².